The van der Waals surface area contributed by atoms with E-state index < -0.39 is 0 Å². The number of unbranched alkanes of at least 4 members (excludes halogenated alkanes) is 1. The van der Waals surface area contributed by atoms with E-state index in [2.05, 4.69) is 44.8 Å². The molecule has 2 aromatic heterocycles. The lowest BCUT2D eigenvalue weighted by molar-refractivity contribution is 0.108. The summed E-state index contributed by atoms with van der Waals surface area (Å²) >= 11 is 2.14. The minimum Gasteiger partial charge on any atom is -0.409 e. The molecule has 0 aliphatic heterocycles. The Morgan fingerprint density at radius 2 is 2.04 bits per heavy atom. The summed E-state index contributed by atoms with van der Waals surface area (Å²) in [5, 5.41) is 4.12. The van der Waals surface area contributed by atoms with E-state index >= 15 is 0 Å². The Bertz CT molecular complexity index is 912. The van der Waals surface area contributed by atoms with Crippen LogP contribution in [0.5, 0.6) is 0 Å². The molecule has 0 unspecified atom stereocenters. The monoisotopic (exact) mass is 450 g/mol. The first-order chi connectivity index (χ1) is 12.2. The number of benzene rings is 1. The van der Waals surface area contributed by atoms with Crippen molar-refractivity contribution >= 4 is 39.4 Å². The molecule has 0 radical (unpaired) electrons. The van der Waals surface area contributed by atoms with Gasteiger partial charge in [0.25, 0.3) is 5.56 Å². The van der Waals surface area contributed by atoms with Crippen LogP contribution in [-0.4, -0.2) is 21.3 Å². The van der Waals surface area contributed by atoms with E-state index in [4.69, 9.17) is 4.84 Å². The SMILES string of the molecule is CCCCOn1c(=O)cc(I)c2c(NCc3ccccc3)ncnc21. The first-order valence-electron chi connectivity index (χ1n) is 8.18. The van der Waals surface area contributed by atoms with Gasteiger partial charge in [0.2, 0.25) is 0 Å². The van der Waals surface area contributed by atoms with Crippen molar-refractivity contribution in [1.29, 1.82) is 0 Å². The molecule has 6 nitrogen and oxygen atoms in total. The van der Waals surface area contributed by atoms with Gasteiger partial charge in [-0.05, 0) is 34.6 Å². The van der Waals surface area contributed by atoms with E-state index in [9.17, 15) is 4.79 Å². The average molecular weight is 450 g/mol. The van der Waals surface area contributed by atoms with E-state index in [-0.39, 0.29) is 5.56 Å². The zero-order valence-electron chi connectivity index (χ0n) is 13.9. The second kappa shape index (κ2) is 8.28. The highest BCUT2D eigenvalue weighted by Gasteiger charge is 2.14. The van der Waals surface area contributed by atoms with E-state index in [1.807, 2.05) is 30.3 Å². The smallest absolute Gasteiger partial charge is 0.286 e. The number of anilines is 1. The second-order valence-electron chi connectivity index (χ2n) is 5.57. The summed E-state index contributed by atoms with van der Waals surface area (Å²) in [5.41, 5.74) is 1.41. The molecule has 0 amide bonds. The maximum Gasteiger partial charge on any atom is 0.286 e. The molecular formula is C18H19IN4O2. The number of pyridine rings is 1. The van der Waals surface area contributed by atoms with Crippen molar-refractivity contribution in [2.45, 2.75) is 26.3 Å². The summed E-state index contributed by atoms with van der Waals surface area (Å²) in [6, 6.07) is 11.6. The van der Waals surface area contributed by atoms with Crippen molar-refractivity contribution in [3.63, 3.8) is 0 Å². The molecule has 0 spiro atoms. The van der Waals surface area contributed by atoms with Crippen LogP contribution in [0.2, 0.25) is 0 Å². The van der Waals surface area contributed by atoms with Crippen molar-refractivity contribution in [2.75, 3.05) is 11.9 Å². The molecule has 0 fully saturated rings. The van der Waals surface area contributed by atoms with Crippen molar-refractivity contribution in [2.24, 2.45) is 0 Å². The highest BCUT2D eigenvalue weighted by Crippen LogP contribution is 2.23. The van der Waals surface area contributed by atoms with Crippen LogP contribution < -0.4 is 15.7 Å². The first kappa shape index (κ1) is 17.7. The summed E-state index contributed by atoms with van der Waals surface area (Å²) in [4.78, 5) is 26.6. The van der Waals surface area contributed by atoms with E-state index in [0.29, 0.717) is 24.6 Å². The third-order valence-electron chi connectivity index (χ3n) is 3.73. The molecule has 0 aliphatic carbocycles. The van der Waals surface area contributed by atoms with Crippen LogP contribution in [0.4, 0.5) is 5.82 Å². The molecule has 7 heteroatoms. The predicted octanol–water partition coefficient (Wildman–Crippen LogP) is 3.24. The van der Waals surface area contributed by atoms with E-state index in [0.717, 1.165) is 27.4 Å². The molecule has 130 valence electrons. The quantitative estimate of drug-likeness (QED) is 0.442. The maximum absolute atomic E-state index is 12.3. The summed E-state index contributed by atoms with van der Waals surface area (Å²) in [6.45, 7) is 3.19. The Hall–Kier alpha value is -2.16. The molecule has 25 heavy (non-hydrogen) atoms. The molecule has 3 rings (SSSR count). The number of rotatable bonds is 7. The molecule has 0 saturated carbocycles. The van der Waals surface area contributed by atoms with Crippen LogP contribution in [-0.2, 0) is 6.54 Å². The third kappa shape index (κ3) is 4.09. The number of aromatic nitrogens is 3. The second-order valence-corrected chi connectivity index (χ2v) is 6.73. The van der Waals surface area contributed by atoms with E-state index in [1.165, 1.54) is 11.1 Å². The van der Waals surface area contributed by atoms with Gasteiger partial charge in [0.15, 0.2) is 5.65 Å². The van der Waals surface area contributed by atoms with Gasteiger partial charge < -0.3 is 10.2 Å². The fourth-order valence-electron chi connectivity index (χ4n) is 2.43. The minimum absolute atomic E-state index is 0.222. The number of nitrogens with zero attached hydrogens (tertiary/aromatic N) is 3. The zero-order chi connectivity index (χ0) is 17.6. The molecule has 3 aromatic rings. The Kier molecular flexibility index (Phi) is 5.85. The number of halogens is 1. The summed E-state index contributed by atoms with van der Waals surface area (Å²) in [7, 11) is 0. The predicted molar refractivity (Wildman–Crippen MR) is 107 cm³/mol. The highest BCUT2D eigenvalue weighted by molar-refractivity contribution is 14.1. The van der Waals surface area contributed by atoms with Gasteiger partial charge in [-0.15, -0.1) is 4.73 Å². The Morgan fingerprint density at radius 1 is 1.24 bits per heavy atom. The van der Waals surface area contributed by atoms with Crippen molar-refractivity contribution in [1.82, 2.24) is 14.7 Å². The Morgan fingerprint density at radius 3 is 2.80 bits per heavy atom. The molecule has 0 atom stereocenters. The minimum atomic E-state index is -0.222. The largest absolute Gasteiger partial charge is 0.409 e. The lowest BCUT2D eigenvalue weighted by Crippen LogP contribution is -2.28. The fraction of sp³-hybridized carbons (Fsp3) is 0.278. The van der Waals surface area contributed by atoms with Crippen LogP contribution in [0.25, 0.3) is 11.0 Å². The fourth-order valence-corrected chi connectivity index (χ4v) is 3.20. The molecule has 1 N–H and O–H groups in total. The Balaban J connectivity index is 1.97. The maximum atomic E-state index is 12.3. The van der Waals surface area contributed by atoms with E-state index in [1.54, 1.807) is 6.07 Å². The summed E-state index contributed by atoms with van der Waals surface area (Å²) in [6.07, 6.45) is 3.32. The standard InChI is InChI=1S/C18H19IN4O2/c1-2-3-9-25-23-15(24)10-14(19)16-17(21-12-22-18(16)23)20-11-13-7-5-4-6-8-13/h4-8,10,12H,2-3,9,11H2,1H3,(H,20,21,22). The van der Waals surface area contributed by atoms with Crippen molar-refractivity contribution in [3.8, 4) is 0 Å². The van der Waals surface area contributed by atoms with Crippen LogP contribution in [0, 0.1) is 3.57 Å². The van der Waals surface area contributed by atoms with Gasteiger partial charge in [-0.25, -0.2) is 9.97 Å². The normalized spacial score (nSPS) is 10.8. The molecule has 0 saturated heterocycles. The number of nitrogens with one attached hydrogen (secondary N) is 1. The zero-order valence-corrected chi connectivity index (χ0v) is 16.1. The molecule has 0 aliphatic rings. The molecular weight excluding hydrogens is 431 g/mol. The number of fused-ring (bicyclic) bond motifs is 1. The Labute approximate surface area is 159 Å². The highest BCUT2D eigenvalue weighted by atomic mass is 127. The van der Waals surface area contributed by atoms with Crippen LogP contribution in [0.3, 0.4) is 0 Å². The van der Waals surface area contributed by atoms with Gasteiger partial charge in [0.05, 0.1) is 5.39 Å². The average Bonchev–Trinajstić information content (AvgIpc) is 2.63. The lowest BCUT2D eigenvalue weighted by atomic mass is 10.2. The molecule has 2 heterocycles. The molecule has 0 bridgehead atoms. The number of hydrogen-bond acceptors (Lipinski definition) is 5. The van der Waals surface area contributed by atoms with Gasteiger partial charge in [-0.1, -0.05) is 43.7 Å². The van der Waals surface area contributed by atoms with Gasteiger partial charge in [0.1, 0.15) is 18.8 Å². The van der Waals surface area contributed by atoms with Crippen molar-refractivity contribution in [3.05, 3.63) is 62.2 Å². The topological polar surface area (TPSA) is 69.0 Å². The van der Waals surface area contributed by atoms with Gasteiger partial charge in [0, 0.05) is 16.2 Å². The lowest BCUT2D eigenvalue weighted by Gasteiger charge is -2.14. The summed E-state index contributed by atoms with van der Waals surface area (Å²) in [5.74, 6) is 0.686. The van der Waals surface area contributed by atoms with Crippen LogP contribution in [0.15, 0.2) is 47.5 Å². The third-order valence-corrected chi connectivity index (χ3v) is 4.58. The van der Waals surface area contributed by atoms with Crippen molar-refractivity contribution < 1.29 is 4.84 Å². The van der Waals surface area contributed by atoms with Gasteiger partial charge >= 0.3 is 0 Å². The first-order valence-corrected chi connectivity index (χ1v) is 9.26. The molecule has 1 aromatic carbocycles. The van der Waals surface area contributed by atoms with Crippen LogP contribution >= 0.6 is 22.6 Å². The van der Waals surface area contributed by atoms with Crippen LogP contribution in [0.1, 0.15) is 25.3 Å². The van der Waals surface area contributed by atoms with Gasteiger partial charge in [-0.3, -0.25) is 4.79 Å². The summed E-state index contributed by atoms with van der Waals surface area (Å²) < 4.78 is 2.06. The number of hydrogen-bond donors (Lipinski definition) is 1. The van der Waals surface area contributed by atoms with Gasteiger partial charge in [-0.2, -0.15) is 0 Å².